The number of carbonyl (C=O) groups is 1. The maximum atomic E-state index is 12.4. The van der Waals surface area contributed by atoms with Crippen LogP contribution in [0.2, 0.25) is 0 Å². The van der Waals surface area contributed by atoms with Gasteiger partial charge in [0.1, 0.15) is 11.5 Å². The molecule has 11 nitrogen and oxygen atoms in total. The van der Waals surface area contributed by atoms with E-state index in [4.69, 9.17) is 4.52 Å². The van der Waals surface area contributed by atoms with E-state index >= 15 is 0 Å². The number of anilines is 2. The van der Waals surface area contributed by atoms with Gasteiger partial charge < -0.3 is 24.7 Å². The van der Waals surface area contributed by atoms with Gasteiger partial charge >= 0.3 is 0 Å². The maximum Gasteiger partial charge on any atom is 0.262 e. The van der Waals surface area contributed by atoms with Crippen molar-refractivity contribution in [1.29, 1.82) is 0 Å². The lowest BCUT2D eigenvalue weighted by Gasteiger charge is -2.16. The first kappa shape index (κ1) is 23.5. The monoisotopic (exact) mass is 486 g/mol. The Morgan fingerprint density at radius 2 is 1.86 bits per heavy atom. The number of likely N-dealkylation sites (tertiary alicyclic amines) is 1. The summed E-state index contributed by atoms with van der Waals surface area (Å²) in [5.41, 5.74) is 1.55. The minimum Gasteiger partial charge on any atom is -0.373 e. The fraction of sp³-hybridized carbons (Fsp3) is 0.280. The van der Waals surface area contributed by atoms with Gasteiger partial charge in [0.2, 0.25) is 11.5 Å². The molecule has 4 aromatic rings. The molecule has 1 unspecified atom stereocenters. The van der Waals surface area contributed by atoms with Crippen LogP contribution in [0.3, 0.4) is 0 Å². The van der Waals surface area contributed by atoms with Gasteiger partial charge in [0.05, 0.1) is 17.1 Å². The van der Waals surface area contributed by atoms with Crippen molar-refractivity contribution < 1.29 is 14.4 Å². The van der Waals surface area contributed by atoms with Crippen molar-refractivity contribution in [2.75, 3.05) is 33.0 Å². The van der Waals surface area contributed by atoms with Gasteiger partial charge in [0.25, 0.3) is 5.91 Å². The maximum absolute atomic E-state index is 12.4. The molecule has 0 radical (unpaired) electrons. The molecule has 1 aliphatic heterocycles. The highest BCUT2D eigenvalue weighted by Crippen LogP contribution is 2.34. The van der Waals surface area contributed by atoms with Crippen LogP contribution in [-0.4, -0.2) is 73.6 Å². The molecular weight excluding hydrogens is 460 g/mol. The molecule has 36 heavy (non-hydrogen) atoms. The normalized spacial score (nSPS) is 17.7. The molecule has 4 aromatic heterocycles. The highest BCUT2D eigenvalue weighted by Gasteiger charge is 2.48. The molecular formula is C25H26N8O3. The van der Waals surface area contributed by atoms with Crippen LogP contribution in [0.5, 0.6) is 0 Å². The summed E-state index contributed by atoms with van der Waals surface area (Å²) in [6.07, 6.45) is 3.71. The summed E-state index contributed by atoms with van der Waals surface area (Å²) >= 11 is 0. The van der Waals surface area contributed by atoms with Gasteiger partial charge in [-0.3, -0.25) is 4.79 Å². The number of rotatable bonds is 7. The molecule has 0 bridgehead atoms. The molecule has 1 fully saturated rings. The first-order chi connectivity index (χ1) is 17.3. The third-order valence-corrected chi connectivity index (χ3v) is 5.92. The number of aliphatic hydroxyl groups is 1. The summed E-state index contributed by atoms with van der Waals surface area (Å²) in [7, 11) is 5.66. The molecule has 184 valence electrons. The van der Waals surface area contributed by atoms with Crippen LogP contribution in [0, 0.1) is 0 Å². The fourth-order valence-corrected chi connectivity index (χ4v) is 4.03. The standard InChI is InChI=1S/C25H26N8O3/c1-32(2)15-16-7-8-22(27-14-16)30-24-26-11-9-19(29-24)17-5-4-6-18(28-17)20-13-21(36-31-20)25(35)10-12-33(3)23(25)34/h4-9,11,13-14,35H,10,12,15H2,1-3H3,(H,26,27,29,30). The first-order valence-electron chi connectivity index (χ1n) is 11.4. The number of nitrogens with one attached hydrogen (secondary N) is 1. The molecule has 5 heterocycles. The second-order valence-corrected chi connectivity index (χ2v) is 9.00. The van der Waals surface area contributed by atoms with Crippen molar-refractivity contribution in [2.45, 2.75) is 18.6 Å². The van der Waals surface area contributed by atoms with Gasteiger partial charge in [0, 0.05) is 45.0 Å². The molecule has 11 heteroatoms. The predicted octanol–water partition coefficient (Wildman–Crippen LogP) is 2.44. The van der Waals surface area contributed by atoms with E-state index < -0.39 is 11.5 Å². The van der Waals surface area contributed by atoms with Crippen LogP contribution in [0.4, 0.5) is 11.8 Å². The number of carbonyl (C=O) groups excluding carboxylic acids is 1. The number of likely N-dealkylation sites (N-methyl/N-ethyl adjacent to an activating group) is 1. The molecule has 0 saturated carbocycles. The lowest BCUT2D eigenvalue weighted by atomic mass is 9.98. The van der Waals surface area contributed by atoms with E-state index in [0.29, 0.717) is 41.1 Å². The Balaban J connectivity index is 1.35. The largest absolute Gasteiger partial charge is 0.373 e. The van der Waals surface area contributed by atoms with Crippen molar-refractivity contribution >= 4 is 17.7 Å². The summed E-state index contributed by atoms with van der Waals surface area (Å²) in [6.45, 7) is 1.25. The lowest BCUT2D eigenvalue weighted by molar-refractivity contribution is -0.144. The SMILES string of the molecule is CN(C)Cc1ccc(Nc2nccc(-c3cccc(-c4cc(C5(O)CCN(C)C5=O)on4)n3)n2)nc1. The van der Waals surface area contributed by atoms with Gasteiger partial charge in [-0.15, -0.1) is 0 Å². The van der Waals surface area contributed by atoms with E-state index in [2.05, 4.69) is 35.3 Å². The molecule has 1 amide bonds. The minimum absolute atomic E-state index is 0.108. The summed E-state index contributed by atoms with van der Waals surface area (Å²) in [5.74, 6) is 0.727. The van der Waals surface area contributed by atoms with Gasteiger partial charge in [-0.2, -0.15) is 0 Å². The Kier molecular flexibility index (Phi) is 6.17. The zero-order valence-electron chi connectivity index (χ0n) is 20.2. The highest BCUT2D eigenvalue weighted by atomic mass is 16.5. The molecule has 1 atom stereocenters. The number of pyridine rings is 2. The minimum atomic E-state index is -1.70. The van der Waals surface area contributed by atoms with Crippen LogP contribution in [-0.2, 0) is 16.9 Å². The number of nitrogens with zero attached hydrogens (tertiary/aromatic N) is 7. The quantitative estimate of drug-likeness (QED) is 0.401. The Hall–Kier alpha value is -4.22. The van der Waals surface area contributed by atoms with E-state index in [-0.39, 0.29) is 12.2 Å². The summed E-state index contributed by atoms with van der Waals surface area (Å²) in [6, 6.07) is 12.6. The molecule has 5 rings (SSSR count). The van der Waals surface area contributed by atoms with Crippen molar-refractivity contribution in [3.05, 3.63) is 66.2 Å². The fourth-order valence-electron chi connectivity index (χ4n) is 4.03. The number of aromatic nitrogens is 5. The Morgan fingerprint density at radius 3 is 2.56 bits per heavy atom. The molecule has 0 spiro atoms. The van der Waals surface area contributed by atoms with Crippen LogP contribution < -0.4 is 5.32 Å². The van der Waals surface area contributed by atoms with Crippen LogP contribution in [0.15, 0.2) is 59.4 Å². The molecule has 0 aromatic carbocycles. The average molecular weight is 487 g/mol. The number of hydrogen-bond donors (Lipinski definition) is 2. The summed E-state index contributed by atoms with van der Waals surface area (Å²) in [5, 5.41) is 18.0. The number of hydrogen-bond acceptors (Lipinski definition) is 10. The lowest BCUT2D eigenvalue weighted by Crippen LogP contribution is -2.35. The molecule has 1 aliphatic rings. The van der Waals surface area contributed by atoms with Gasteiger partial charge in [-0.05, 0) is 43.9 Å². The predicted molar refractivity (Wildman–Crippen MR) is 132 cm³/mol. The van der Waals surface area contributed by atoms with Crippen LogP contribution in [0.1, 0.15) is 17.7 Å². The van der Waals surface area contributed by atoms with Crippen LogP contribution >= 0.6 is 0 Å². The zero-order chi connectivity index (χ0) is 25.3. The Morgan fingerprint density at radius 1 is 1.08 bits per heavy atom. The topological polar surface area (TPSA) is 133 Å². The third-order valence-electron chi connectivity index (χ3n) is 5.92. The van der Waals surface area contributed by atoms with E-state index in [1.54, 1.807) is 31.4 Å². The van der Waals surface area contributed by atoms with E-state index in [9.17, 15) is 9.90 Å². The van der Waals surface area contributed by atoms with Crippen molar-refractivity contribution in [3.8, 4) is 22.8 Å². The van der Waals surface area contributed by atoms with Gasteiger partial charge in [-0.25, -0.2) is 19.9 Å². The summed E-state index contributed by atoms with van der Waals surface area (Å²) in [4.78, 5) is 33.9. The molecule has 1 saturated heterocycles. The smallest absolute Gasteiger partial charge is 0.262 e. The summed E-state index contributed by atoms with van der Waals surface area (Å²) < 4.78 is 5.35. The number of amides is 1. The first-order valence-corrected chi connectivity index (χ1v) is 11.4. The molecule has 2 N–H and O–H groups in total. The highest BCUT2D eigenvalue weighted by molar-refractivity contribution is 5.87. The van der Waals surface area contributed by atoms with Crippen molar-refractivity contribution in [1.82, 2.24) is 34.9 Å². The zero-order valence-corrected chi connectivity index (χ0v) is 20.2. The second-order valence-electron chi connectivity index (χ2n) is 9.00. The third kappa shape index (κ3) is 4.66. The van der Waals surface area contributed by atoms with Gasteiger partial charge in [0.15, 0.2) is 5.76 Å². The average Bonchev–Trinajstić information content (AvgIpc) is 3.48. The Labute approximate surface area is 207 Å². The van der Waals surface area contributed by atoms with Gasteiger partial charge in [-0.1, -0.05) is 17.3 Å². The van der Waals surface area contributed by atoms with E-state index in [0.717, 1.165) is 12.1 Å². The van der Waals surface area contributed by atoms with Crippen molar-refractivity contribution in [2.24, 2.45) is 0 Å². The van der Waals surface area contributed by atoms with E-state index in [1.165, 1.54) is 4.90 Å². The van der Waals surface area contributed by atoms with Crippen molar-refractivity contribution in [3.63, 3.8) is 0 Å². The van der Waals surface area contributed by atoms with Crippen LogP contribution in [0.25, 0.3) is 22.8 Å². The Bertz CT molecular complexity index is 1390. The second kappa shape index (κ2) is 9.44. The van der Waals surface area contributed by atoms with E-state index in [1.807, 2.05) is 44.6 Å². The molecule has 0 aliphatic carbocycles.